The van der Waals surface area contributed by atoms with Crippen molar-refractivity contribution in [1.29, 1.82) is 0 Å². The number of fused-ring (bicyclic) bond motifs is 1. The fraction of sp³-hybridized carbons (Fsp3) is 0.421. The average Bonchev–Trinajstić information content (AvgIpc) is 3.17. The van der Waals surface area contributed by atoms with Crippen LogP contribution in [0.25, 0.3) is 11.0 Å². The van der Waals surface area contributed by atoms with Crippen LogP contribution in [0.15, 0.2) is 22.6 Å². The Kier molecular flexibility index (Phi) is 4.88. The SMILES string of the molecule is CCc1nc(C)c(C(=O)N(CC)CCc2nc3ccc(C)cc3[nH]2)o1. The first kappa shape index (κ1) is 17.2. The van der Waals surface area contributed by atoms with E-state index in [2.05, 4.69) is 27.9 Å². The second kappa shape index (κ2) is 7.09. The summed E-state index contributed by atoms with van der Waals surface area (Å²) in [6, 6.07) is 6.14. The maximum absolute atomic E-state index is 12.7. The van der Waals surface area contributed by atoms with E-state index in [1.54, 1.807) is 4.90 Å². The van der Waals surface area contributed by atoms with Gasteiger partial charge in [-0.1, -0.05) is 13.0 Å². The van der Waals surface area contributed by atoms with Crippen LogP contribution >= 0.6 is 0 Å². The first-order valence-electron chi connectivity index (χ1n) is 8.72. The third-order valence-corrected chi connectivity index (χ3v) is 4.31. The van der Waals surface area contributed by atoms with Crippen LogP contribution in [-0.4, -0.2) is 38.8 Å². The highest BCUT2D eigenvalue weighted by atomic mass is 16.4. The maximum Gasteiger partial charge on any atom is 0.291 e. The normalized spacial score (nSPS) is 11.2. The van der Waals surface area contributed by atoms with Crippen molar-refractivity contribution in [3.05, 3.63) is 46.9 Å². The summed E-state index contributed by atoms with van der Waals surface area (Å²) in [5.74, 6) is 1.72. The Balaban J connectivity index is 1.72. The molecule has 0 saturated heterocycles. The Morgan fingerprint density at radius 1 is 1.24 bits per heavy atom. The van der Waals surface area contributed by atoms with Gasteiger partial charge < -0.3 is 14.3 Å². The molecule has 6 nitrogen and oxygen atoms in total. The number of imidazole rings is 1. The lowest BCUT2D eigenvalue weighted by Crippen LogP contribution is -2.33. The molecule has 0 fully saturated rings. The number of carbonyl (C=O) groups is 1. The minimum absolute atomic E-state index is 0.112. The molecule has 6 heteroatoms. The van der Waals surface area contributed by atoms with Crippen LogP contribution in [0.5, 0.6) is 0 Å². The molecule has 0 aliphatic heterocycles. The number of nitrogens with one attached hydrogen (secondary N) is 1. The third-order valence-electron chi connectivity index (χ3n) is 4.31. The van der Waals surface area contributed by atoms with Gasteiger partial charge in [0.2, 0.25) is 5.76 Å². The molecular formula is C19H24N4O2. The average molecular weight is 340 g/mol. The van der Waals surface area contributed by atoms with Crippen molar-refractivity contribution in [3.63, 3.8) is 0 Å². The van der Waals surface area contributed by atoms with Crippen LogP contribution in [0.3, 0.4) is 0 Å². The fourth-order valence-electron chi connectivity index (χ4n) is 2.88. The largest absolute Gasteiger partial charge is 0.435 e. The highest BCUT2D eigenvalue weighted by Crippen LogP contribution is 2.16. The number of carbonyl (C=O) groups excluding carboxylic acids is 1. The van der Waals surface area contributed by atoms with Crippen molar-refractivity contribution in [2.24, 2.45) is 0 Å². The van der Waals surface area contributed by atoms with Crippen LogP contribution in [-0.2, 0) is 12.8 Å². The summed E-state index contributed by atoms with van der Waals surface area (Å²) in [6.45, 7) is 8.98. The molecule has 3 aromatic rings. The minimum Gasteiger partial charge on any atom is -0.435 e. The molecule has 0 unspecified atom stereocenters. The van der Waals surface area contributed by atoms with E-state index < -0.39 is 0 Å². The van der Waals surface area contributed by atoms with E-state index in [4.69, 9.17) is 4.42 Å². The number of rotatable bonds is 6. The van der Waals surface area contributed by atoms with Crippen molar-refractivity contribution in [2.75, 3.05) is 13.1 Å². The van der Waals surface area contributed by atoms with E-state index >= 15 is 0 Å². The van der Waals surface area contributed by atoms with Gasteiger partial charge in [-0.3, -0.25) is 4.79 Å². The summed E-state index contributed by atoms with van der Waals surface area (Å²) in [6.07, 6.45) is 1.35. The Hall–Kier alpha value is -2.63. The van der Waals surface area contributed by atoms with Crippen molar-refractivity contribution < 1.29 is 9.21 Å². The summed E-state index contributed by atoms with van der Waals surface area (Å²) >= 11 is 0. The van der Waals surface area contributed by atoms with Crippen LogP contribution in [0.4, 0.5) is 0 Å². The van der Waals surface area contributed by atoms with Gasteiger partial charge in [-0.2, -0.15) is 0 Å². The molecule has 3 rings (SSSR count). The molecule has 0 saturated carbocycles. The van der Waals surface area contributed by atoms with E-state index in [9.17, 15) is 4.79 Å². The Morgan fingerprint density at radius 2 is 2.04 bits per heavy atom. The number of nitrogens with zero attached hydrogens (tertiary/aromatic N) is 3. The van der Waals surface area contributed by atoms with Crippen molar-refractivity contribution in [2.45, 2.75) is 40.5 Å². The van der Waals surface area contributed by atoms with Gasteiger partial charge in [0.1, 0.15) is 5.82 Å². The first-order valence-corrected chi connectivity index (χ1v) is 8.72. The molecule has 0 spiro atoms. The summed E-state index contributed by atoms with van der Waals surface area (Å²) in [5.41, 5.74) is 3.83. The van der Waals surface area contributed by atoms with Crippen LogP contribution in [0.1, 0.15) is 47.4 Å². The number of hydrogen-bond acceptors (Lipinski definition) is 4. The number of likely N-dealkylation sites (N-methyl/N-ethyl adjacent to an activating group) is 1. The first-order chi connectivity index (χ1) is 12.0. The van der Waals surface area contributed by atoms with Gasteiger partial charge in [0.15, 0.2) is 5.89 Å². The number of H-pyrrole nitrogens is 1. The number of hydrogen-bond donors (Lipinski definition) is 1. The number of oxazole rings is 1. The zero-order valence-corrected chi connectivity index (χ0v) is 15.2. The minimum atomic E-state index is -0.112. The molecule has 1 N–H and O–H groups in total. The highest BCUT2D eigenvalue weighted by molar-refractivity contribution is 5.92. The highest BCUT2D eigenvalue weighted by Gasteiger charge is 2.22. The standard InChI is InChI=1S/C19H24N4O2/c1-5-17-20-13(4)18(25-17)19(24)23(6-2)10-9-16-21-14-8-7-12(3)11-15(14)22-16/h7-8,11H,5-6,9-10H2,1-4H3,(H,21,22). The van der Waals surface area contributed by atoms with Gasteiger partial charge in [-0.15, -0.1) is 0 Å². The number of aromatic nitrogens is 3. The van der Waals surface area contributed by atoms with Crippen LogP contribution < -0.4 is 0 Å². The topological polar surface area (TPSA) is 75.0 Å². The predicted octanol–water partition coefficient (Wildman–Crippen LogP) is 3.43. The van der Waals surface area contributed by atoms with E-state index in [0.717, 1.165) is 16.9 Å². The van der Waals surface area contributed by atoms with Gasteiger partial charge in [-0.05, 0) is 38.5 Å². The van der Waals surface area contributed by atoms with Crippen LogP contribution in [0.2, 0.25) is 0 Å². The monoisotopic (exact) mass is 340 g/mol. The molecule has 2 aromatic heterocycles. The van der Waals surface area contributed by atoms with Crippen molar-refractivity contribution in [3.8, 4) is 0 Å². The summed E-state index contributed by atoms with van der Waals surface area (Å²) in [7, 11) is 0. The molecule has 1 aromatic carbocycles. The van der Waals surface area contributed by atoms with E-state index in [1.165, 1.54) is 5.56 Å². The van der Waals surface area contributed by atoms with Gasteiger partial charge in [-0.25, -0.2) is 9.97 Å². The molecule has 2 heterocycles. The lowest BCUT2D eigenvalue weighted by molar-refractivity contribution is 0.0731. The number of amides is 1. The zero-order chi connectivity index (χ0) is 18.0. The summed E-state index contributed by atoms with van der Waals surface area (Å²) in [4.78, 5) is 26.7. The summed E-state index contributed by atoms with van der Waals surface area (Å²) < 4.78 is 5.60. The van der Waals surface area contributed by atoms with Gasteiger partial charge >= 0.3 is 0 Å². The molecule has 132 valence electrons. The molecule has 0 aliphatic rings. The molecule has 0 aliphatic carbocycles. The zero-order valence-electron chi connectivity index (χ0n) is 15.2. The van der Waals surface area contributed by atoms with Crippen molar-refractivity contribution in [1.82, 2.24) is 19.9 Å². The van der Waals surface area contributed by atoms with Gasteiger partial charge in [0.25, 0.3) is 5.91 Å². The molecule has 0 radical (unpaired) electrons. The fourth-order valence-corrected chi connectivity index (χ4v) is 2.88. The van der Waals surface area contributed by atoms with Crippen LogP contribution in [0, 0.1) is 13.8 Å². The Labute approximate surface area is 147 Å². The Morgan fingerprint density at radius 3 is 2.72 bits per heavy atom. The van der Waals surface area contributed by atoms with Gasteiger partial charge in [0, 0.05) is 25.9 Å². The molecular weight excluding hydrogens is 316 g/mol. The van der Waals surface area contributed by atoms with E-state index in [0.29, 0.717) is 43.3 Å². The second-order valence-electron chi connectivity index (χ2n) is 6.21. The molecule has 25 heavy (non-hydrogen) atoms. The smallest absolute Gasteiger partial charge is 0.291 e. The number of aryl methyl sites for hydroxylation is 3. The van der Waals surface area contributed by atoms with E-state index in [1.807, 2.05) is 32.9 Å². The third kappa shape index (κ3) is 3.57. The number of aromatic amines is 1. The number of benzene rings is 1. The summed E-state index contributed by atoms with van der Waals surface area (Å²) in [5, 5.41) is 0. The lowest BCUT2D eigenvalue weighted by Gasteiger charge is -2.19. The van der Waals surface area contributed by atoms with E-state index in [-0.39, 0.29) is 5.91 Å². The van der Waals surface area contributed by atoms with Gasteiger partial charge in [0.05, 0.1) is 16.7 Å². The molecule has 1 amide bonds. The second-order valence-corrected chi connectivity index (χ2v) is 6.21. The lowest BCUT2D eigenvalue weighted by atomic mass is 10.2. The maximum atomic E-state index is 12.7. The quantitative estimate of drug-likeness (QED) is 0.746. The molecule has 0 atom stereocenters. The van der Waals surface area contributed by atoms with Crippen molar-refractivity contribution >= 4 is 16.9 Å². The Bertz CT molecular complexity index is 894. The molecule has 0 bridgehead atoms. The predicted molar refractivity (Wildman–Crippen MR) is 96.7 cm³/mol.